The van der Waals surface area contributed by atoms with Crippen LogP contribution < -0.4 is 11.1 Å². The predicted molar refractivity (Wildman–Crippen MR) is 84.4 cm³/mol. The molecule has 6 nitrogen and oxygen atoms in total. The van der Waals surface area contributed by atoms with Gasteiger partial charge >= 0.3 is 0 Å². The van der Waals surface area contributed by atoms with Gasteiger partial charge in [-0.1, -0.05) is 6.07 Å². The number of ether oxygens (including phenoxy) is 1. The Morgan fingerprint density at radius 2 is 2.33 bits per heavy atom. The summed E-state index contributed by atoms with van der Waals surface area (Å²) in [6, 6.07) is 6.03. The Labute approximate surface area is 125 Å². The highest BCUT2D eigenvalue weighted by Crippen LogP contribution is 2.08. The molecule has 21 heavy (non-hydrogen) atoms. The number of aliphatic imine (C=N–C) groups is 1. The third-order valence-electron chi connectivity index (χ3n) is 3.13. The van der Waals surface area contributed by atoms with Crippen LogP contribution in [0, 0.1) is 6.92 Å². The minimum Gasteiger partial charge on any atom is -0.382 e. The van der Waals surface area contributed by atoms with Gasteiger partial charge in [-0.05, 0) is 32.4 Å². The normalized spacial score (nSPS) is 12.0. The Balaban J connectivity index is 1.85. The molecule has 0 aliphatic rings. The average molecular weight is 289 g/mol. The van der Waals surface area contributed by atoms with Crippen LogP contribution >= 0.6 is 0 Å². The number of aryl methyl sites for hydroxylation is 1. The topological polar surface area (TPSA) is 76.9 Å². The van der Waals surface area contributed by atoms with E-state index in [9.17, 15) is 0 Å². The van der Waals surface area contributed by atoms with Crippen molar-refractivity contribution in [3.63, 3.8) is 0 Å². The fourth-order valence-electron chi connectivity index (χ4n) is 2.03. The van der Waals surface area contributed by atoms with Crippen LogP contribution in [0.5, 0.6) is 0 Å². The lowest BCUT2D eigenvalue weighted by Gasteiger charge is -2.05. The number of aromatic nitrogens is 2. The third kappa shape index (κ3) is 4.46. The summed E-state index contributed by atoms with van der Waals surface area (Å²) in [5, 5.41) is 3.07. The Kier molecular flexibility index (Phi) is 5.57. The minimum absolute atomic E-state index is 0.445. The van der Waals surface area contributed by atoms with Crippen molar-refractivity contribution in [3.8, 4) is 0 Å². The molecule has 2 rings (SSSR count). The second-order valence-electron chi connectivity index (χ2n) is 4.81. The number of imidazole rings is 1. The fourth-order valence-corrected chi connectivity index (χ4v) is 2.03. The zero-order chi connectivity index (χ0) is 15.1. The summed E-state index contributed by atoms with van der Waals surface area (Å²) in [6.07, 6.45) is 2.91. The number of hydrogen-bond acceptors (Lipinski definition) is 3. The molecule has 0 aromatic carbocycles. The van der Waals surface area contributed by atoms with Crippen LogP contribution in [0.15, 0.2) is 29.4 Å². The van der Waals surface area contributed by atoms with Crippen LogP contribution in [0.25, 0.3) is 5.65 Å². The first-order chi connectivity index (χ1) is 10.2. The first-order valence-corrected chi connectivity index (χ1v) is 7.26. The molecule has 0 amide bonds. The molecule has 0 unspecified atom stereocenters. The number of pyridine rings is 1. The molecular weight excluding hydrogens is 266 g/mol. The predicted octanol–water partition coefficient (Wildman–Crippen LogP) is 1.47. The van der Waals surface area contributed by atoms with Gasteiger partial charge in [0, 0.05) is 31.6 Å². The van der Waals surface area contributed by atoms with Crippen molar-refractivity contribution in [2.24, 2.45) is 10.7 Å². The van der Waals surface area contributed by atoms with Gasteiger partial charge in [0.1, 0.15) is 5.65 Å². The van der Waals surface area contributed by atoms with Crippen molar-refractivity contribution in [2.75, 3.05) is 19.8 Å². The van der Waals surface area contributed by atoms with Crippen LogP contribution in [-0.4, -0.2) is 35.1 Å². The Bertz CT molecular complexity index is 605. The third-order valence-corrected chi connectivity index (χ3v) is 3.13. The highest BCUT2D eigenvalue weighted by atomic mass is 16.5. The summed E-state index contributed by atoms with van der Waals surface area (Å²) >= 11 is 0. The lowest BCUT2D eigenvalue weighted by molar-refractivity contribution is 0.145. The van der Waals surface area contributed by atoms with Gasteiger partial charge in [-0.2, -0.15) is 0 Å². The summed E-state index contributed by atoms with van der Waals surface area (Å²) in [5.41, 5.74) is 8.81. The molecule has 0 radical (unpaired) electrons. The number of rotatable bonds is 7. The molecular formula is C15H23N5O. The van der Waals surface area contributed by atoms with Crippen molar-refractivity contribution >= 4 is 11.6 Å². The zero-order valence-electron chi connectivity index (χ0n) is 12.7. The van der Waals surface area contributed by atoms with Gasteiger partial charge in [0.15, 0.2) is 5.96 Å². The first kappa shape index (κ1) is 15.3. The quantitative estimate of drug-likeness (QED) is 0.460. The van der Waals surface area contributed by atoms with Crippen LogP contribution in [0.1, 0.15) is 24.7 Å². The Hall–Kier alpha value is -2.08. The van der Waals surface area contributed by atoms with E-state index in [1.165, 1.54) is 0 Å². The molecule has 6 heteroatoms. The Morgan fingerprint density at radius 1 is 1.48 bits per heavy atom. The van der Waals surface area contributed by atoms with Gasteiger partial charge in [-0.15, -0.1) is 0 Å². The fraction of sp³-hybridized carbons (Fsp3) is 0.467. The summed E-state index contributed by atoms with van der Waals surface area (Å²) in [6.45, 7) is 6.76. The molecule has 0 bridgehead atoms. The molecule has 3 N–H and O–H groups in total. The highest BCUT2D eigenvalue weighted by Gasteiger charge is 2.02. The van der Waals surface area contributed by atoms with Crippen molar-refractivity contribution < 1.29 is 4.74 Å². The van der Waals surface area contributed by atoms with E-state index in [1.807, 2.05) is 25.3 Å². The van der Waals surface area contributed by atoms with E-state index in [0.29, 0.717) is 12.5 Å². The molecule has 0 atom stereocenters. The molecule has 2 heterocycles. The van der Waals surface area contributed by atoms with E-state index in [0.717, 1.165) is 43.2 Å². The van der Waals surface area contributed by atoms with Crippen molar-refractivity contribution in [1.82, 2.24) is 14.7 Å². The van der Waals surface area contributed by atoms with E-state index < -0.39 is 0 Å². The maximum atomic E-state index is 5.82. The number of nitrogens with two attached hydrogens (primary N) is 1. The second-order valence-corrected chi connectivity index (χ2v) is 4.81. The smallest absolute Gasteiger partial charge is 0.188 e. The van der Waals surface area contributed by atoms with Crippen molar-refractivity contribution in [1.29, 1.82) is 0 Å². The van der Waals surface area contributed by atoms with Crippen molar-refractivity contribution in [3.05, 3.63) is 35.8 Å². The van der Waals surface area contributed by atoms with Crippen LogP contribution in [0.2, 0.25) is 0 Å². The molecule has 0 fully saturated rings. The van der Waals surface area contributed by atoms with Gasteiger partial charge in [-0.3, -0.25) is 0 Å². The number of nitrogens with one attached hydrogen (secondary N) is 1. The lowest BCUT2D eigenvalue weighted by atomic mass is 10.4. The Morgan fingerprint density at radius 3 is 3.10 bits per heavy atom. The van der Waals surface area contributed by atoms with Gasteiger partial charge in [0.25, 0.3) is 0 Å². The van der Waals surface area contributed by atoms with Crippen LogP contribution in [0.3, 0.4) is 0 Å². The summed E-state index contributed by atoms with van der Waals surface area (Å²) in [7, 11) is 0. The molecule has 114 valence electrons. The van der Waals surface area contributed by atoms with Gasteiger partial charge in [0.2, 0.25) is 0 Å². The monoisotopic (exact) mass is 289 g/mol. The zero-order valence-corrected chi connectivity index (χ0v) is 12.7. The molecule has 0 aliphatic carbocycles. The van der Waals surface area contributed by atoms with Gasteiger partial charge in [-0.25, -0.2) is 9.98 Å². The molecule has 0 saturated heterocycles. The van der Waals surface area contributed by atoms with Crippen LogP contribution in [0.4, 0.5) is 0 Å². The summed E-state index contributed by atoms with van der Waals surface area (Å²) in [5.74, 6) is 0.445. The van der Waals surface area contributed by atoms with Crippen LogP contribution in [-0.2, 0) is 11.3 Å². The standard InChI is InChI=1S/C15H23N5O/c1-3-21-9-5-8-17-15(16)18-10-13-11-20-12(2)6-4-7-14(20)19-13/h4,6-7,11H,3,5,8-10H2,1-2H3,(H3,16,17,18). The van der Waals surface area contributed by atoms with E-state index >= 15 is 0 Å². The largest absolute Gasteiger partial charge is 0.382 e. The minimum atomic E-state index is 0.445. The molecule has 2 aromatic rings. The molecule has 0 spiro atoms. The number of nitrogens with zero attached hydrogens (tertiary/aromatic N) is 3. The number of fused-ring (bicyclic) bond motifs is 1. The van der Waals surface area contributed by atoms with Gasteiger partial charge in [0.05, 0.1) is 12.2 Å². The summed E-state index contributed by atoms with van der Waals surface area (Å²) in [4.78, 5) is 8.82. The maximum Gasteiger partial charge on any atom is 0.188 e. The van der Waals surface area contributed by atoms with E-state index in [1.54, 1.807) is 0 Å². The highest BCUT2D eigenvalue weighted by molar-refractivity contribution is 5.77. The maximum absolute atomic E-state index is 5.82. The lowest BCUT2D eigenvalue weighted by Crippen LogP contribution is -2.32. The average Bonchev–Trinajstić information content (AvgIpc) is 2.89. The van der Waals surface area contributed by atoms with Gasteiger partial charge < -0.3 is 20.2 Å². The number of guanidine groups is 1. The first-order valence-electron chi connectivity index (χ1n) is 7.26. The number of hydrogen-bond donors (Lipinski definition) is 2. The SMILES string of the molecule is CCOCCCNC(N)=NCc1cn2c(C)cccc2n1. The molecule has 0 saturated carbocycles. The van der Waals surface area contributed by atoms with E-state index in [-0.39, 0.29) is 0 Å². The molecule has 0 aliphatic heterocycles. The van der Waals surface area contributed by atoms with Crippen molar-refractivity contribution in [2.45, 2.75) is 26.8 Å². The second kappa shape index (κ2) is 7.64. The van der Waals surface area contributed by atoms with E-state index in [4.69, 9.17) is 10.5 Å². The van der Waals surface area contributed by atoms with E-state index in [2.05, 4.69) is 32.7 Å². The molecule has 2 aromatic heterocycles. The summed E-state index contributed by atoms with van der Waals surface area (Å²) < 4.78 is 7.31.